The Morgan fingerprint density at radius 3 is 2.39 bits per heavy atom. The van der Waals surface area contributed by atoms with Crippen LogP contribution in [0.2, 0.25) is 5.02 Å². The standard InChI is InChI=1S/C22H28ClN3O4S/c1-5-24-22(28)17(3)25(14-18-10-8-11-19(23)13-18)21(27)15-26(31(4,29)30)20-12-7-6-9-16(20)2/h6-13,17H,5,14-15H2,1-4H3,(H,24,28)/t17-/m1/s1. The lowest BCUT2D eigenvalue weighted by atomic mass is 10.1. The summed E-state index contributed by atoms with van der Waals surface area (Å²) in [5, 5.41) is 3.22. The molecule has 0 aromatic heterocycles. The molecule has 0 saturated heterocycles. The van der Waals surface area contributed by atoms with Gasteiger partial charge in [-0.15, -0.1) is 0 Å². The molecule has 0 aliphatic carbocycles. The van der Waals surface area contributed by atoms with Crippen molar-refractivity contribution in [1.82, 2.24) is 10.2 Å². The van der Waals surface area contributed by atoms with Gasteiger partial charge in [-0.05, 0) is 50.1 Å². The number of likely N-dealkylation sites (N-methyl/N-ethyl adjacent to an activating group) is 1. The normalized spacial score (nSPS) is 12.2. The number of rotatable bonds is 9. The lowest BCUT2D eigenvalue weighted by Crippen LogP contribution is -2.51. The van der Waals surface area contributed by atoms with Gasteiger partial charge in [0.05, 0.1) is 11.9 Å². The summed E-state index contributed by atoms with van der Waals surface area (Å²) >= 11 is 6.07. The van der Waals surface area contributed by atoms with Crippen LogP contribution in [0.25, 0.3) is 0 Å². The number of anilines is 1. The Bertz CT molecular complexity index is 1040. The molecule has 9 heteroatoms. The van der Waals surface area contributed by atoms with Gasteiger partial charge in [0.25, 0.3) is 0 Å². The molecule has 0 aliphatic heterocycles. The van der Waals surface area contributed by atoms with Crippen LogP contribution in [-0.4, -0.2) is 50.5 Å². The first-order valence-corrected chi connectivity index (χ1v) is 12.1. The molecule has 0 spiro atoms. The molecule has 0 radical (unpaired) electrons. The van der Waals surface area contributed by atoms with Crippen LogP contribution in [0.1, 0.15) is 25.0 Å². The summed E-state index contributed by atoms with van der Waals surface area (Å²) in [6.07, 6.45) is 1.06. The lowest BCUT2D eigenvalue weighted by molar-refractivity contribution is -0.139. The van der Waals surface area contributed by atoms with E-state index >= 15 is 0 Å². The van der Waals surface area contributed by atoms with Crippen molar-refractivity contribution in [3.63, 3.8) is 0 Å². The first kappa shape index (κ1) is 24.7. The van der Waals surface area contributed by atoms with Crippen molar-refractivity contribution in [2.75, 3.05) is 23.7 Å². The Morgan fingerprint density at radius 2 is 1.81 bits per heavy atom. The topological polar surface area (TPSA) is 86.8 Å². The van der Waals surface area contributed by atoms with Crippen LogP contribution in [0.4, 0.5) is 5.69 Å². The fourth-order valence-corrected chi connectivity index (χ4v) is 4.29. The number of hydrogen-bond donors (Lipinski definition) is 1. The SMILES string of the molecule is CCNC(=O)[C@@H](C)N(Cc1cccc(Cl)c1)C(=O)CN(c1ccccc1C)S(C)(=O)=O. The first-order chi connectivity index (χ1) is 14.5. The third-order valence-corrected chi connectivity index (χ3v) is 6.19. The van der Waals surface area contributed by atoms with Crippen molar-refractivity contribution in [2.45, 2.75) is 33.4 Å². The maximum atomic E-state index is 13.3. The van der Waals surface area contributed by atoms with Crippen molar-refractivity contribution < 1.29 is 18.0 Å². The number of hydrogen-bond acceptors (Lipinski definition) is 4. The molecule has 168 valence electrons. The minimum absolute atomic E-state index is 0.114. The summed E-state index contributed by atoms with van der Waals surface area (Å²) in [5.41, 5.74) is 1.88. The number of carbonyl (C=O) groups excluding carboxylic acids is 2. The molecule has 0 heterocycles. The van der Waals surface area contributed by atoms with Crippen molar-refractivity contribution in [3.8, 4) is 0 Å². The Labute approximate surface area is 189 Å². The van der Waals surface area contributed by atoms with E-state index in [1.54, 1.807) is 69.3 Å². The van der Waals surface area contributed by atoms with Crippen molar-refractivity contribution in [2.24, 2.45) is 0 Å². The first-order valence-electron chi connectivity index (χ1n) is 9.89. The highest BCUT2D eigenvalue weighted by molar-refractivity contribution is 7.92. The molecule has 2 aromatic rings. The molecule has 0 unspecified atom stereocenters. The van der Waals surface area contributed by atoms with Crippen molar-refractivity contribution in [1.29, 1.82) is 0 Å². The number of para-hydroxylation sites is 1. The van der Waals surface area contributed by atoms with E-state index in [-0.39, 0.29) is 12.5 Å². The maximum absolute atomic E-state index is 13.3. The molecule has 2 aromatic carbocycles. The van der Waals surface area contributed by atoms with Crippen LogP contribution in [0.15, 0.2) is 48.5 Å². The van der Waals surface area contributed by atoms with Gasteiger partial charge in [0.2, 0.25) is 21.8 Å². The number of aryl methyl sites for hydroxylation is 1. The van der Waals surface area contributed by atoms with Gasteiger partial charge in [-0.25, -0.2) is 8.42 Å². The summed E-state index contributed by atoms with van der Waals surface area (Å²) in [7, 11) is -3.74. The molecule has 7 nitrogen and oxygen atoms in total. The second-order valence-electron chi connectivity index (χ2n) is 7.28. The number of amides is 2. The van der Waals surface area contributed by atoms with Gasteiger partial charge in [-0.1, -0.05) is 41.9 Å². The molecule has 0 bridgehead atoms. The summed E-state index contributed by atoms with van der Waals surface area (Å²) in [6, 6.07) is 13.1. The molecule has 31 heavy (non-hydrogen) atoms. The van der Waals surface area contributed by atoms with E-state index in [1.165, 1.54) is 4.90 Å². The zero-order valence-corrected chi connectivity index (χ0v) is 19.7. The van der Waals surface area contributed by atoms with E-state index in [0.29, 0.717) is 17.3 Å². The Hall–Kier alpha value is -2.58. The number of sulfonamides is 1. The average molecular weight is 466 g/mol. The summed E-state index contributed by atoms with van der Waals surface area (Å²) in [6.45, 7) is 5.29. The summed E-state index contributed by atoms with van der Waals surface area (Å²) in [5.74, 6) is -0.813. The second-order valence-corrected chi connectivity index (χ2v) is 9.62. The van der Waals surface area contributed by atoms with Gasteiger partial charge in [-0.2, -0.15) is 0 Å². The smallest absolute Gasteiger partial charge is 0.244 e. The van der Waals surface area contributed by atoms with Gasteiger partial charge in [0, 0.05) is 18.1 Å². The molecular formula is C22H28ClN3O4S. The fraction of sp³-hybridized carbons (Fsp3) is 0.364. The van der Waals surface area contributed by atoms with Crippen LogP contribution < -0.4 is 9.62 Å². The van der Waals surface area contributed by atoms with Gasteiger partial charge in [0.1, 0.15) is 12.6 Å². The van der Waals surface area contributed by atoms with E-state index in [9.17, 15) is 18.0 Å². The molecule has 2 amide bonds. The zero-order valence-electron chi connectivity index (χ0n) is 18.1. The highest BCUT2D eigenvalue weighted by atomic mass is 35.5. The molecule has 0 aliphatic rings. The highest BCUT2D eigenvalue weighted by Crippen LogP contribution is 2.23. The monoisotopic (exact) mass is 465 g/mol. The van der Waals surface area contributed by atoms with Crippen molar-refractivity contribution >= 4 is 39.1 Å². The van der Waals surface area contributed by atoms with E-state index in [0.717, 1.165) is 21.7 Å². The largest absolute Gasteiger partial charge is 0.355 e. The maximum Gasteiger partial charge on any atom is 0.244 e. The van der Waals surface area contributed by atoms with E-state index in [2.05, 4.69) is 5.32 Å². The highest BCUT2D eigenvalue weighted by Gasteiger charge is 2.30. The predicted octanol–water partition coefficient (Wildman–Crippen LogP) is 2.97. The average Bonchev–Trinajstić information content (AvgIpc) is 2.69. The molecule has 0 saturated carbocycles. The third kappa shape index (κ3) is 6.70. The summed E-state index contributed by atoms with van der Waals surface area (Å²) < 4.78 is 26.1. The zero-order chi connectivity index (χ0) is 23.2. The molecular weight excluding hydrogens is 438 g/mol. The van der Waals surface area contributed by atoms with Crippen molar-refractivity contribution in [3.05, 3.63) is 64.7 Å². The minimum atomic E-state index is -3.74. The van der Waals surface area contributed by atoms with E-state index < -0.39 is 28.5 Å². The van der Waals surface area contributed by atoms with Crippen LogP contribution in [-0.2, 0) is 26.2 Å². The molecule has 0 fully saturated rings. The second kappa shape index (κ2) is 10.6. The van der Waals surface area contributed by atoms with Crippen LogP contribution in [0.5, 0.6) is 0 Å². The number of nitrogens with one attached hydrogen (secondary N) is 1. The molecule has 1 atom stereocenters. The quantitative estimate of drug-likeness (QED) is 0.616. The predicted molar refractivity (Wildman–Crippen MR) is 124 cm³/mol. The number of nitrogens with zero attached hydrogens (tertiary/aromatic N) is 2. The molecule has 1 N–H and O–H groups in total. The molecule has 2 rings (SSSR count). The number of carbonyl (C=O) groups is 2. The third-order valence-electron chi connectivity index (χ3n) is 4.82. The lowest BCUT2D eigenvalue weighted by Gasteiger charge is -2.31. The fourth-order valence-electron chi connectivity index (χ4n) is 3.17. The van der Waals surface area contributed by atoms with Gasteiger partial charge in [0.15, 0.2) is 0 Å². The van der Waals surface area contributed by atoms with Crippen LogP contribution in [0, 0.1) is 6.92 Å². The Balaban J connectivity index is 2.40. The van der Waals surface area contributed by atoms with Crippen LogP contribution in [0.3, 0.4) is 0 Å². The Kier molecular flexibility index (Phi) is 8.47. The van der Waals surface area contributed by atoms with Gasteiger partial charge >= 0.3 is 0 Å². The number of benzene rings is 2. The summed E-state index contributed by atoms with van der Waals surface area (Å²) in [4.78, 5) is 27.2. The number of halogens is 1. The Morgan fingerprint density at radius 1 is 1.13 bits per heavy atom. The van der Waals surface area contributed by atoms with Gasteiger partial charge < -0.3 is 10.2 Å². The van der Waals surface area contributed by atoms with E-state index in [4.69, 9.17) is 11.6 Å². The van der Waals surface area contributed by atoms with Crippen LogP contribution >= 0.6 is 11.6 Å². The minimum Gasteiger partial charge on any atom is -0.355 e. The van der Waals surface area contributed by atoms with E-state index in [1.807, 2.05) is 0 Å². The van der Waals surface area contributed by atoms with Gasteiger partial charge in [-0.3, -0.25) is 13.9 Å².